The number of hydrogen-bond donors (Lipinski definition) is 1. The zero-order chi connectivity index (χ0) is 22.9. The van der Waals surface area contributed by atoms with Crippen molar-refractivity contribution in [3.8, 4) is 5.75 Å². The predicted octanol–water partition coefficient (Wildman–Crippen LogP) is 3.83. The molecule has 170 valence electrons. The highest BCUT2D eigenvalue weighted by Crippen LogP contribution is 2.35. The van der Waals surface area contributed by atoms with Gasteiger partial charge in [-0.2, -0.15) is 0 Å². The van der Waals surface area contributed by atoms with E-state index >= 15 is 0 Å². The number of ether oxygens (including phenoxy) is 1. The van der Waals surface area contributed by atoms with E-state index in [1.165, 1.54) is 23.1 Å². The van der Waals surface area contributed by atoms with Gasteiger partial charge in [-0.3, -0.25) is 14.5 Å². The van der Waals surface area contributed by atoms with Crippen molar-refractivity contribution in [3.63, 3.8) is 0 Å². The SMILES string of the molecule is CCCCN(C)CCCNC(=O)CN1C(=O)C(=Cc2cccc(F)c2)Oc2ccccc21. The number of fused-ring (bicyclic) bond motifs is 1. The van der Waals surface area contributed by atoms with Gasteiger partial charge in [0.2, 0.25) is 5.91 Å². The molecule has 1 N–H and O–H groups in total. The minimum atomic E-state index is -0.442. The largest absolute Gasteiger partial charge is 0.449 e. The van der Waals surface area contributed by atoms with Gasteiger partial charge in [-0.05, 0) is 68.9 Å². The first-order valence-electron chi connectivity index (χ1n) is 11.0. The number of hydrogen-bond acceptors (Lipinski definition) is 4. The van der Waals surface area contributed by atoms with Crippen LogP contribution in [-0.4, -0.2) is 49.9 Å². The molecule has 0 aromatic heterocycles. The molecule has 1 heterocycles. The van der Waals surface area contributed by atoms with Crippen molar-refractivity contribution >= 4 is 23.6 Å². The highest BCUT2D eigenvalue weighted by molar-refractivity contribution is 6.12. The van der Waals surface area contributed by atoms with Crippen molar-refractivity contribution < 1.29 is 18.7 Å². The molecule has 2 amide bonds. The van der Waals surface area contributed by atoms with Gasteiger partial charge < -0.3 is 15.0 Å². The Labute approximate surface area is 188 Å². The van der Waals surface area contributed by atoms with Crippen LogP contribution >= 0.6 is 0 Å². The third-order valence-electron chi connectivity index (χ3n) is 5.21. The molecule has 1 aliphatic heterocycles. The molecule has 2 aromatic carbocycles. The summed E-state index contributed by atoms with van der Waals surface area (Å²) in [4.78, 5) is 29.3. The first-order valence-corrected chi connectivity index (χ1v) is 11.0. The standard InChI is InChI=1S/C25H30FN3O3/c1-3-4-14-28(2)15-8-13-27-24(30)18-29-21-11-5-6-12-22(21)32-23(25(29)31)17-19-9-7-10-20(26)16-19/h5-7,9-12,16-17H,3-4,8,13-15,18H2,1-2H3,(H,27,30). The van der Waals surface area contributed by atoms with Crippen LogP contribution in [0.3, 0.4) is 0 Å². The smallest absolute Gasteiger partial charge is 0.294 e. The summed E-state index contributed by atoms with van der Waals surface area (Å²) in [5.74, 6) is -0.571. The molecule has 3 rings (SSSR count). The van der Waals surface area contributed by atoms with Crippen molar-refractivity contribution in [1.82, 2.24) is 10.2 Å². The van der Waals surface area contributed by atoms with Crippen LogP contribution in [0.15, 0.2) is 54.3 Å². The maximum Gasteiger partial charge on any atom is 0.294 e. The Morgan fingerprint density at radius 3 is 2.72 bits per heavy atom. The van der Waals surface area contributed by atoms with E-state index in [1.54, 1.807) is 36.4 Å². The Morgan fingerprint density at radius 1 is 1.16 bits per heavy atom. The Kier molecular flexibility index (Phi) is 8.39. The summed E-state index contributed by atoms with van der Waals surface area (Å²) in [6, 6.07) is 12.9. The van der Waals surface area contributed by atoms with E-state index in [0.29, 0.717) is 23.5 Å². The highest BCUT2D eigenvalue weighted by atomic mass is 19.1. The molecule has 0 aliphatic carbocycles. The van der Waals surface area contributed by atoms with Crippen molar-refractivity contribution in [3.05, 3.63) is 65.7 Å². The number of anilines is 1. The minimum Gasteiger partial charge on any atom is -0.449 e. The zero-order valence-electron chi connectivity index (χ0n) is 18.6. The summed E-state index contributed by atoms with van der Waals surface area (Å²) >= 11 is 0. The van der Waals surface area contributed by atoms with Crippen LogP contribution < -0.4 is 15.0 Å². The average Bonchev–Trinajstić information content (AvgIpc) is 2.78. The third-order valence-corrected chi connectivity index (χ3v) is 5.21. The van der Waals surface area contributed by atoms with E-state index < -0.39 is 11.7 Å². The predicted molar refractivity (Wildman–Crippen MR) is 124 cm³/mol. The van der Waals surface area contributed by atoms with E-state index in [2.05, 4.69) is 24.2 Å². The molecule has 6 nitrogen and oxygen atoms in total. The lowest BCUT2D eigenvalue weighted by Gasteiger charge is -2.30. The summed E-state index contributed by atoms with van der Waals surface area (Å²) < 4.78 is 19.3. The normalized spacial score (nSPS) is 14.4. The van der Waals surface area contributed by atoms with Crippen LogP contribution in [0, 0.1) is 5.82 Å². The average molecular weight is 440 g/mol. The molecule has 0 radical (unpaired) electrons. The van der Waals surface area contributed by atoms with Crippen molar-refractivity contribution in [2.45, 2.75) is 26.2 Å². The van der Waals surface area contributed by atoms with Crippen molar-refractivity contribution in [1.29, 1.82) is 0 Å². The fourth-order valence-electron chi connectivity index (χ4n) is 3.48. The number of para-hydroxylation sites is 2. The number of nitrogens with one attached hydrogen (secondary N) is 1. The number of nitrogens with zero attached hydrogens (tertiary/aromatic N) is 2. The highest BCUT2D eigenvalue weighted by Gasteiger charge is 2.31. The van der Waals surface area contributed by atoms with Gasteiger partial charge in [0, 0.05) is 6.54 Å². The molecule has 7 heteroatoms. The molecule has 1 aliphatic rings. The topological polar surface area (TPSA) is 61.9 Å². The molecule has 0 saturated carbocycles. The number of unbranched alkanes of at least 4 members (excludes halogenated alkanes) is 1. The van der Waals surface area contributed by atoms with E-state index in [1.807, 2.05) is 0 Å². The summed E-state index contributed by atoms with van der Waals surface area (Å²) in [5, 5.41) is 2.90. The van der Waals surface area contributed by atoms with Crippen LogP contribution in [0.5, 0.6) is 5.75 Å². The Hall–Kier alpha value is -3.19. The number of carbonyl (C=O) groups excluding carboxylic acids is 2. The molecular weight excluding hydrogens is 409 g/mol. The van der Waals surface area contributed by atoms with E-state index in [4.69, 9.17) is 4.74 Å². The van der Waals surface area contributed by atoms with Crippen LogP contribution in [0.4, 0.5) is 10.1 Å². The lowest BCUT2D eigenvalue weighted by atomic mass is 10.1. The first kappa shape index (κ1) is 23.5. The second kappa shape index (κ2) is 11.4. The molecular formula is C25H30FN3O3. The Balaban J connectivity index is 1.65. The second-order valence-electron chi connectivity index (χ2n) is 7.89. The van der Waals surface area contributed by atoms with Gasteiger partial charge in [0.15, 0.2) is 11.5 Å². The maximum atomic E-state index is 13.5. The number of amides is 2. The van der Waals surface area contributed by atoms with Crippen molar-refractivity contribution in [2.75, 3.05) is 38.1 Å². The van der Waals surface area contributed by atoms with Gasteiger partial charge in [-0.25, -0.2) is 4.39 Å². The van der Waals surface area contributed by atoms with Gasteiger partial charge in [-0.15, -0.1) is 0 Å². The lowest BCUT2D eigenvalue weighted by molar-refractivity contribution is -0.123. The number of halogens is 1. The molecule has 0 atom stereocenters. The van der Waals surface area contributed by atoms with Gasteiger partial charge in [-0.1, -0.05) is 37.6 Å². The maximum absolute atomic E-state index is 13.5. The zero-order valence-corrected chi connectivity index (χ0v) is 18.6. The minimum absolute atomic E-state index is 0.0413. The molecule has 0 saturated heterocycles. The molecule has 2 aromatic rings. The van der Waals surface area contributed by atoms with Crippen LogP contribution in [0.25, 0.3) is 6.08 Å². The van der Waals surface area contributed by atoms with Gasteiger partial charge in [0.25, 0.3) is 5.91 Å². The lowest BCUT2D eigenvalue weighted by Crippen LogP contribution is -2.44. The summed E-state index contributed by atoms with van der Waals surface area (Å²) in [6.45, 7) is 4.54. The Morgan fingerprint density at radius 2 is 1.94 bits per heavy atom. The quantitative estimate of drug-likeness (QED) is 0.452. The summed E-state index contributed by atoms with van der Waals surface area (Å²) in [7, 11) is 2.08. The van der Waals surface area contributed by atoms with Crippen molar-refractivity contribution in [2.24, 2.45) is 0 Å². The van der Waals surface area contributed by atoms with Gasteiger partial charge in [0.05, 0.1) is 5.69 Å². The summed E-state index contributed by atoms with van der Waals surface area (Å²) in [5.41, 5.74) is 1.03. The fraction of sp³-hybridized carbons (Fsp3) is 0.360. The fourth-order valence-corrected chi connectivity index (χ4v) is 3.48. The second-order valence-corrected chi connectivity index (χ2v) is 7.89. The molecule has 0 unspecified atom stereocenters. The molecule has 0 spiro atoms. The molecule has 0 fully saturated rings. The number of carbonyl (C=O) groups is 2. The van der Waals surface area contributed by atoms with Crippen LogP contribution in [0.1, 0.15) is 31.7 Å². The molecule has 0 bridgehead atoms. The third kappa shape index (κ3) is 6.40. The van der Waals surface area contributed by atoms with E-state index in [9.17, 15) is 14.0 Å². The van der Waals surface area contributed by atoms with Gasteiger partial charge in [0.1, 0.15) is 12.4 Å². The van der Waals surface area contributed by atoms with Gasteiger partial charge >= 0.3 is 0 Å². The van der Waals surface area contributed by atoms with Crippen LogP contribution in [0.2, 0.25) is 0 Å². The number of rotatable bonds is 10. The van der Waals surface area contributed by atoms with E-state index in [-0.39, 0.29) is 18.2 Å². The molecule has 32 heavy (non-hydrogen) atoms. The summed E-state index contributed by atoms with van der Waals surface area (Å²) in [6.07, 6.45) is 4.64. The van der Waals surface area contributed by atoms with Crippen LogP contribution in [-0.2, 0) is 9.59 Å². The van der Waals surface area contributed by atoms with E-state index in [0.717, 1.165) is 32.4 Å². The number of benzene rings is 2. The monoisotopic (exact) mass is 439 g/mol. The Bertz CT molecular complexity index is 976. The first-order chi connectivity index (χ1) is 15.5.